The number of allylic oxidation sites excluding steroid dienone is 1. The van der Waals surface area contributed by atoms with Gasteiger partial charge >= 0.3 is 0 Å². The summed E-state index contributed by atoms with van der Waals surface area (Å²) in [5.41, 5.74) is 2.93. The molecular weight excluding hydrogens is 545 g/mol. The van der Waals surface area contributed by atoms with Crippen molar-refractivity contribution in [2.45, 2.75) is 138 Å². The van der Waals surface area contributed by atoms with Crippen molar-refractivity contribution in [1.82, 2.24) is 5.32 Å². The Labute approximate surface area is 269 Å². The number of hydrogen-bond donors (Lipinski definition) is 1. The van der Waals surface area contributed by atoms with Gasteiger partial charge in [-0.2, -0.15) is 0 Å². The van der Waals surface area contributed by atoms with Gasteiger partial charge in [-0.3, -0.25) is 9.59 Å². The lowest BCUT2D eigenvalue weighted by atomic mass is 9.91. The van der Waals surface area contributed by atoms with E-state index in [-0.39, 0.29) is 5.78 Å². The molecule has 0 bridgehead atoms. The minimum Gasteiger partial charge on any atom is -0.362 e. The Kier molecular flexibility index (Phi) is 22.7. The average molecular weight is 608 g/mol. The van der Waals surface area contributed by atoms with E-state index in [2.05, 4.69) is 39.6 Å². The SMILES string of the molecule is C=C(N/C=C\C)c1cccc(C(C)=O)c1.CCCC.CCCCC(CCC)CCCC(=O)CCc1ccc(C(C)(C)F)cc1. The highest BCUT2D eigenvalue weighted by Crippen LogP contribution is 2.25. The summed E-state index contributed by atoms with van der Waals surface area (Å²) >= 11 is 0. The molecule has 0 saturated carbocycles. The average Bonchev–Trinajstić information content (AvgIpc) is 3.01. The second kappa shape index (κ2) is 24.3. The minimum absolute atomic E-state index is 0.0654. The zero-order valence-electron chi connectivity index (χ0n) is 29.2. The number of rotatable bonds is 18. The Morgan fingerprint density at radius 2 is 1.48 bits per heavy atom. The van der Waals surface area contributed by atoms with Crippen molar-refractivity contribution in [3.63, 3.8) is 0 Å². The summed E-state index contributed by atoms with van der Waals surface area (Å²) in [4.78, 5) is 23.3. The van der Waals surface area contributed by atoms with E-state index in [1.165, 1.54) is 51.4 Å². The molecule has 0 aliphatic rings. The maximum Gasteiger partial charge on any atom is 0.159 e. The molecule has 2 aromatic carbocycles. The highest BCUT2D eigenvalue weighted by Gasteiger charge is 2.18. The van der Waals surface area contributed by atoms with Crippen LogP contribution in [0.1, 0.15) is 153 Å². The number of halogens is 1. The van der Waals surface area contributed by atoms with E-state index < -0.39 is 5.67 Å². The molecule has 0 spiro atoms. The van der Waals surface area contributed by atoms with E-state index in [4.69, 9.17) is 0 Å². The fourth-order valence-corrected chi connectivity index (χ4v) is 4.59. The van der Waals surface area contributed by atoms with Crippen LogP contribution in [0.2, 0.25) is 0 Å². The first-order chi connectivity index (χ1) is 20.9. The van der Waals surface area contributed by atoms with Gasteiger partial charge in [0, 0.05) is 24.1 Å². The van der Waals surface area contributed by atoms with Gasteiger partial charge in [0.25, 0.3) is 0 Å². The molecule has 0 amide bonds. The largest absolute Gasteiger partial charge is 0.362 e. The predicted molar refractivity (Wildman–Crippen MR) is 190 cm³/mol. The second-order valence-corrected chi connectivity index (χ2v) is 12.2. The Morgan fingerprint density at radius 1 is 0.864 bits per heavy atom. The van der Waals surface area contributed by atoms with Crippen LogP contribution in [0.25, 0.3) is 5.70 Å². The van der Waals surface area contributed by atoms with Crippen molar-refractivity contribution in [2.24, 2.45) is 5.92 Å². The number of nitrogens with one attached hydrogen (secondary N) is 1. The molecule has 0 heterocycles. The number of alkyl halides is 1. The molecule has 0 aromatic heterocycles. The Hall–Kier alpha value is -3.01. The van der Waals surface area contributed by atoms with E-state index in [1.807, 2.05) is 61.7 Å². The molecular formula is C40H62FNO2. The molecule has 2 rings (SSSR count). The zero-order valence-corrected chi connectivity index (χ0v) is 29.2. The summed E-state index contributed by atoms with van der Waals surface area (Å²) in [7, 11) is 0. The third kappa shape index (κ3) is 19.3. The standard InChI is InChI=1S/C23H37FO.C13H15NO.C4H10/c1-5-7-10-19(9-6-2)11-8-12-22(25)18-15-20-13-16-21(17-14-20)23(3,4)24;1-4-8-14-10(2)12-6-5-7-13(9-12)11(3)15;1-3-4-2/h13-14,16-17,19H,5-12,15,18H2,1-4H3;4-9,14H,2H2,1,3H3;3-4H2,1-2H3/b;8-4-;. The van der Waals surface area contributed by atoms with E-state index >= 15 is 0 Å². The molecule has 0 saturated heterocycles. The van der Waals surface area contributed by atoms with Crippen LogP contribution in [0.15, 0.2) is 67.4 Å². The summed E-state index contributed by atoms with van der Waals surface area (Å²) in [6.45, 7) is 19.4. The first kappa shape index (κ1) is 41.0. The lowest BCUT2D eigenvalue weighted by Gasteiger charge is -2.15. The summed E-state index contributed by atoms with van der Waals surface area (Å²) < 4.78 is 13.8. The number of carbonyl (C=O) groups is 2. The molecule has 0 aliphatic heterocycles. The zero-order chi connectivity index (χ0) is 33.4. The van der Waals surface area contributed by atoms with Gasteiger partial charge in [-0.15, -0.1) is 0 Å². The van der Waals surface area contributed by atoms with Crippen molar-refractivity contribution in [3.8, 4) is 0 Å². The van der Waals surface area contributed by atoms with Crippen molar-refractivity contribution in [3.05, 3.63) is 89.6 Å². The topological polar surface area (TPSA) is 46.2 Å². The smallest absolute Gasteiger partial charge is 0.159 e. The summed E-state index contributed by atoms with van der Waals surface area (Å²) in [5.74, 6) is 1.23. The van der Waals surface area contributed by atoms with Gasteiger partial charge in [-0.1, -0.05) is 134 Å². The normalized spacial score (nSPS) is 11.6. The number of Topliss-reactive ketones (excluding diaryl/α,β-unsaturated/α-hetero) is 2. The number of carbonyl (C=O) groups excluding carboxylic acids is 2. The number of hydrogen-bond acceptors (Lipinski definition) is 3. The number of aryl methyl sites for hydroxylation is 1. The van der Waals surface area contributed by atoms with Crippen molar-refractivity contribution < 1.29 is 14.0 Å². The first-order valence-corrected chi connectivity index (χ1v) is 16.9. The Balaban J connectivity index is 0.000000820. The highest BCUT2D eigenvalue weighted by molar-refractivity contribution is 5.94. The van der Waals surface area contributed by atoms with Gasteiger partial charge in [-0.25, -0.2) is 4.39 Å². The van der Waals surface area contributed by atoms with Gasteiger partial charge in [0.1, 0.15) is 11.5 Å². The van der Waals surface area contributed by atoms with Gasteiger partial charge in [0.05, 0.1) is 0 Å². The van der Waals surface area contributed by atoms with Crippen LogP contribution >= 0.6 is 0 Å². The summed E-state index contributed by atoms with van der Waals surface area (Å²) in [6, 6.07) is 15.0. The first-order valence-electron chi connectivity index (χ1n) is 16.9. The second-order valence-electron chi connectivity index (χ2n) is 12.2. The number of unbranched alkanes of at least 4 members (excludes halogenated alkanes) is 2. The van der Waals surface area contributed by atoms with Crippen LogP contribution < -0.4 is 5.32 Å². The molecule has 44 heavy (non-hydrogen) atoms. The maximum atomic E-state index is 13.8. The lowest BCUT2D eigenvalue weighted by Crippen LogP contribution is -2.09. The fraction of sp³-hybridized carbons (Fsp3) is 0.550. The number of benzene rings is 2. The third-order valence-electron chi connectivity index (χ3n) is 7.61. The summed E-state index contributed by atoms with van der Waals surface area (Å²) in [6.07, 6.45) is 17.1. The highest BCUT2D eigenvalue weighted by atomic mass is 19.1. The van der Waals surface area contributed by atoms with Gasteiger partial charge in [0.2, 0.25) is 0 Å². The van der Waals surface area contributed by atoms with Crippen LogP contribution in [0.5, 0.6) is 0 Å². The van der Waals surface area contributed by atoms with Crippen LogP contribution in [0, 0.1) is 5.92 Å². The molecule has 0 aliphatic carbocycles. The van der Waals surface area contributed by atoms with Crippen molar-refractivity contribution in [2.75, 3.05) is 0 Å². The quantitative estimate of drug-likeness (QED) is 0.171. The molecule has 0 fully saturated rings. The van der Waals surface area contributed by atoms with Gasteiger partial charge < -0.3 is 5.32 Å². The molecule has 1 atom stereocenters. The fourth-order valence-electron chi connectivity index (χ4n) is 4.59. The molecule has 246 valence electrons. The third-order valence-corrected chi connectivity index (χ3v) is 7.61. The molecule has 2 aromatic rings. The van der Waals surface area contributed by atoms with Gasteiger partial charge in [0.15, 0.2) is 5.78 Å². The predicted octanol–water partition coefficient (Wildman–Crippen LogP) is 12.0. The lowest BCUT2D eigenvalue weighted by molar-refractivity contribution is -0.119. The molecule has 0 radical (unpaired) electrons. The molecule has 1 N–H and O–H groups in total. The van der Waals surface area contributed by atoms with Crippen LogP contribution in [-0.2, 0) is 16.9 Å². The maximum absolute atomic E-state index is 13.8. The van der Waals surface area contributed by atoms with E-state index in [0.29, 0.717) is 29.8 Å². The van der Waals surface area contributed by atoms with Crippen LogP contribution in [0.4, 0.5) is 4.39 Å². The molecule has 3 nitrogen and oxygen atoms in total. The Bertz CT molecular complexity index is 1090. The van der Waals surface area contributed by atoms with Crippen LogP contribution in [0.3, 0.4) is 0 Å². The van der Waals surface area contributed by atoms with Crippen molar-refractivity contribution >= 4 is 17.3 Å². The minimum atomic E-state index is -1.30. The summed E-state index contributed by atoms with van der Waals surface area (Å²) in [5, 5.41) is 3.03. The number of ketones is 2. The molecule has 4 heteroatoms. The van der Waals surface area contributed by atoms with Crippen molar-refractivity contribution in [1.29, 1.82) is 0 Å². The van der Waals surface area contributed by atoms with E-state index in [0.717, 1.165) is 35.6 Å². The molecule has 1 unspecified atom stereocenters. The van der Waals surface area contributed by atoms with E-state index in [1.54, 1.807) is 26.8 Å². The Morgan fingerprint density at radius 3 is 2.00 bits per heavy atom. The van der Waals surface area contributed by atoms with E-state index in [9.17, 15) is 14.0 Å². The van der Waals surface area contributed by atoms with Crippen LogP contribution in [-0.4, -0.2) is 11.6 Å². The monoisotopic (exact) mass is 607 g/mol. The van der Waals surface area contributed by atoms with Gasteiger partial charge in [-0.05, 0) is 75.4 Å².